The molecule has 0 fully saturated rings. The van der Waals surface area contributed by atoms with Crippen LogP contribution >= 0.6 is 0 Å². The highest BCUT2D eigenvalue weighted by Gasteiger charge is 1.65. The van der Waals surface area contributed by atoms with Crippen molar-refractivity contribution in [3.63, 3.8) is 0 Å². The zero-order chi connectivity index (χ0) is 4.28. The van der Waals surface area contributed by atoms with Gasteiger partial charge in [-0.15, -0.1) is 0 Å². The molecule has 0 radical (unpaired) electrons. The minimum absolute atomic E-state index is 1.17. The maximum Gasteiger partial charge on any atom is 0.114 e. The average molecular weight is 91.1 g/mol. The van der Waals surface area contributed by atoms with E-state index in [1.165, 1.54) is 5.41 Å². The molecule has 0 aliphatic rings. The Morgan fingerprint density at radius 1 is 2.00 bits per heavy atom. The third kappa shape index (κ3) is 3.85. The van der Waals surface area contributed by atoms with Gasteiger partial charge in [0.05, 0.1) is 0 Å². The second-order valence-electron chi connectivity index (χ2n) is 0.495. The summed E-state index contributed by atoms with van der Waals surface area (Å²) in [5.74, 6) is 0. The minimum atomic E-state index is -1.31. The van der Waals surface area contributed by atoms with Crippen molar-refractivity contribution < 1.29 is 4.21 Å². The van der Waals surface area contributed by atoms with E-state index in [-0.39, 0.29) is 0 Å². The lowest BCUT2D eigenvalue weighted by molar-refractivity contribution is 0.689. The lowest BCUT2D eigenvalue weighted by Gasteiger charge is -1.67. The fourth-order valence-electron chi connectivity index (χ4n) is 0. The molecule has 0 aliphatic carbocycles. The molecule has 3 heteroatoms. The SMILES string of the molecule is C=CS(N)=O. The molecule has 0 aromatic heterocycles. The molecule has 0 spiro atoms. The van der Waals surface area contributed by atoms with Crippen LogP contribution in [0, 0.1) is 0 Å². The van der Waals surface area contributed by atoms with Gasteiger partial charge in [0.1, 0.15) is 11.0 Å². The zero-order valence-corrected chi connectivity index (χ0v) is 3.49. The van der Waals surface area contributed by atoms with Gasteiger partial charge >= 0.3 is 0 Å². The van der Waals surface area contributed by atoms with E-state index in [1.807, 2.05) is 0 Å². The molecule has 0 rings (SSSR count). The Labute approximate surface area is 33.3 Å². The molecule has 0 aromatic rings. The van der Waals surface area contributed by atoms with Crippen LogP contribution in [-0.2, 0) is 11.0 Å². The Bertz CT molecular complexity index is 60.7. The molecule has 0 saturated carbocycles. The molecule has 0 saturated heterocycles. The number of hydrogen-bond acceptors (Lipinski definition) is 1. The smallest absolute Gasteiger partial charge is 0.114 e. The largest absolute Gasteiger partial charge is 0.248 e. The van der Waals surface area contributed by atoms with E-state index in [9.17, 15) is 4.21 Å². The molecule has 1 unspecified atom stereocenters. The normalized spacial score (nSPS) is 13.8. The van der Waals surface area contributed by atoms with Crippen LogP contribution in [0.25, 0.3) is 0 Å². The summed E-state index contributed by atoms with van der Waals surface area (Å²) in [7, 11) is -1.31. The molecule has 1 atom stereocenters. The van der Waals surface area contributed by atoms with E-state index in [2.05, 4.69) is 11.7 Å². The van der Waals surface area contributed by atoms with E-state index in [0.29, 0.717) is 0 Å². The van der Waals surface area contributed by atoms with Crippen LogP contribution in [0.2, 0.25) is 0 Å². The first-order valence-electron chi connectivity index (χ1n) is 1.05. The van der Waals surface area contributed by atoms with Crippen LogP contribution in [0.3, 0.4) is 0 Å². The molecular weight excluding hydrogens is 86.1 g/mol. The predicted octanol–water partition coefficient (Wildman–Crippen LogP) is -0.248. The van der Waals surface area contributed by atoms with Crippen LogP contribution in [0.4, 0.5) is 0 Å². The summed E-state index contributed by atoms with van der Waals surface area (Å²) in [6.07, 6.45) is 0. The van der Waals surface area contributed by atoms with Gasteiger partial charge in [-0.2, -0.15) is 0 Å². The molecule has 0 aliphatic heterocycles. The van der Waals surface area contributed by atoms with Gasteiger partial charge in [-0.1, -0.05) is 6.58 Å². The minimum Gasteiger partial charge on any atom is -0.248 e. The fraction of sp³-hybridized carbons (Fsp3) is 0. The fourth-order valence-corrected chi connectivity index (χ4v) is 0. The molecule has 2 nitrogen and oxygen atoms in total. The predicted molar refractivity (Wildman–Crippen MR) is 22.5 cm³/mol. The van der Waals surface area contributed by atoms with Crippen molar-refractivity contribution in [2.45, 2.75) is 0 Å². The molecule has 0 heterocycles. The Hall–Kier alpha value is -0.150. The standard InChI is InChI=1S/C2H5NOS/c1-2-5(3)4/h2H,1,3H2. The van der Waals surface area contributed by atoms with Crippen LogP contribution in [-0.4, -0.2) is 4.21 Å². The van der Waals surface area contributed by atoms with Crippen molar-refractivity contribution in [2.75, 3.05) is 0 Å². The maximum absolute atomic E-state index is 9.58. The van der Waals surface area contributed by atoms with Crippen molar-refractivity contribution in [2.24, 2.45) is 5.14 Å². The second kappa shape index (κ2) is 2.11. The molecule has 5 heavy (non-hydrogen) atoms. The molecular formula is C2H5NOS. The van der Waals surface area contributed by atoms with Crippen molar-refractivity contribution >= 4 is 11.0 Å². The summed E-state index contributed by atoms with van der Waals surface area (Å²) in [5, 5.41) is 5.81. The molecule has 0 amide bonds. The molecule has 2 N–H and O–H groups in total. The van der Waals surface area contributed by atoms with Gasteiger partial charge < -0.3 is 0 Å². The summed E-state index contributed by atoms with van der Waals surface area (Å²) in [6.45, 7) is 3.14. The summed E-state index contributed by atoms with van der Waals surface area (Å²) in [4.78, 5) is 0. The van der Waals surface area contributed by atoms with Gasteiger partial charge in [-0.05, 0) is 0 Å². The van der Waals surface area contributed by atoms with Gasteiger partial charge in [0, 0.05) is 5.41 Å². The lowest BCUT2D eigenvalue weighted by Crippen LogP contribution is -1.94. The van der Waals surface area contributed by atoms with Crippen LogP contribution in [0.5, 0.6) is 0 Å². The van der Waals surface area contributed by atoms with Gasteiger partial charge in [0.2, 0.25) is 0 Å². The van der Waals surface area contributed by atoms with E-state index in [0.717, 1.165) is 0 Å². The second-order valence-corrected chi connectivity index (χ2v) is 1.49. The highest BCUT2D eigenvalue weighted by Crippen LogP contribution is 1.58. The summed E-state index contributed by atoms with van der Waals surface area (Å²) >= 11 is 0. The topological polar surface area (TPSA) is 43.1 Å². The van der Waals surface area contributed by atoms with Crippen molar-refractivity contribution in [1.29, 1.82) is 0 Å². The first kappa shape index (κ1) is 4.85. The van der Waals surface area contributed by atoms with Crippen LogP contribution < -0.4 is 5.14 Å². The van der Waals surface area contributed by atoms with E-state index >= 15 is 0 Å². The Morgan fingerprint density at radius 3 is 2.20 bits per heavy atom. The lowest BCUT2D eigenvalue weighted by atomic mass is 11.3. The third-order valence-corrected chi connectivity index (χ3v) is 0.493. The van der Waals surface area contributed by atoms with Crippen molar-refractivity contribution in [1.82, 2.24) is 0 Å². The Kier molecular flexibility index (Phi) is 2.05. The van der Waals surface area contributed by atoms with Gasteiger partial charge in [-0.25, -0.2) is 9.35 Å². The first-order valence-corrected chi connectivity index (χ1v) is 2.32. The van der Waals surface area contributed by atoms with Gasteiger partial charge in [-0.3, -0.25) is 0 Å². The monoisotopic (exact) mass is 91.0 g/mol. The van der Waals surface area contributed by atoms with Gasteiger partial charge in [0.25, 0.3) is 0 Å². The molecule has 30 valence electrons. The quantitative estimate of drug-likeness (QED) is 0.475. The van der Waals surface area contributed by atoms with Crippen LogP contribution in [0.15, 0.2) is 12.0 Å². The third-order valence-electron chi connectivity index (χ3n) is 0.164. The first-order chi connectivity index (χ1) is 2.27. The Morgan fingerprint density at radius 2 is 2.20 bits per heavy atom. The summed E-state index contributed by atoms with van der Waals surface area (Å²) < 4.78 is 9.58. The maximum atomic E-state index is 9.58. The molecule has 0 aromatic carbocycles. The van der Waals surface area contributed by atoms with E-state index in [4.69, 9.17) is 0 Å². The number of rotatable bonds is 1. The van der Waals surface area contributed by atoms with Crippen LogP contribution in [0.1, 0.15) is 0 Å². The van der Waals surface area contributed by atoms with E-state index < -0.39 is 11.0 Å². The van der Waals surface area contributed by atoms with Gasteiger partial charge in [0.15, 0.2) is 0 Å². The highest BCUT2D eigenvalue weighted by molar-refractivity contribution is 7.85. The Balaban J connectivity index is 3.20. The number of nitrogens with two attached hydrogens (primary N) is 1. The highest BCUT2D eigenvalue weighted by atomic mass is 32.2. The van der Waals surface area contributed by atoms with E-state index in [1.54, 1.807) is 0 Å². The summed E-state index contributed by atoms with van der Waals surface area (Å²) in [6, 6.07) is 0. The summed E-state index contributed by atoms with van der Waals surface area (Å²) in [5.41, 5.74) is 0. The number of hydrogen-bond donors (Lipinski definition) is 1. The average Bonchev–Trinajstić information content (AvgIpc) is 1.38. The van der Waals surface area contributed by atoms with Crippen molar-refractivity contribution in [3.8, 4) is 0 Å². The van der Waals surface area contributed by atoms with Crippen molar-refractivity contribution in [3.05, 3.63) is 12.0 Å². The zero-order valence-electron chi connectivity index (χ0n) is 2.68. The molecule has 0 bridgehead atoms.